The number of thiazole rings is 1. The number of ether oxygens (including phenoxy) is 2. The highest BCUT2D eigenvalue weighted by molar-refractivity contribution is 7.07. The summed E-state index contributed by atoms with van der Waals surface area (Å²) < 4.78 is 11.2. The number of benzene rings is 2. The number of amides is 1. The van der Waals surface area contributed by atoms with Gasteiger partial charge in [0, 0.05) is 37.3 Å². The zero-order valence-corrected chi connectivity index (χ0v) is 18.4. The van der Waals surface area contributed by atoms with Gasteiger partial charge < -0.3 is 19.7 Å². The molecule has 0 atom stereocenters. The van der Waals surface area contributed by atoms with E-state index in [0.29, 0.717) is 30.2 Å². The van der Waals surface area contributed by atoms with Crippen LogP contribution in [0.2, 0.25) is 0 Å². The molecule has 0 aliphatic rings. The lowest BCUT2D eigenvalue weighted by molar-refractivity contribution is 0.0952. The third-order valence-corrected chi connectivity index (χ3v) is 5.30. The summed E-state index contributed by atoms with van der Waals surface area (Å²) in [6.07, 6.45) is 1.79. The van der Waals surface area contributed by atoms with Crippen molar-refractivity contribution < 1.29 is 14.3 Å². The monoisotopic (exact) mass is 425 g/mol. The summed E-state index contributed by atoms with van der Waals surface area (Å²) in [5, 5.41) is 4.91. The second-order valence-electron chi connectivity index (χ2n) is 7.05. The number of anilines is 1. The smallest absolute Gasteiger partial charge is 0.251 e. The van der Waals surface area contributed by atoms with E-state index < -0.39 is 0 Å². The summed E-state index contributed by atoms with van der Waals surface area (Å²) in [6.45, 7) is 0.972. The van der Waals surface area contributed by atoms with Crippen LogP contribution in [-0.4, -0.2) is 38.6 Å². The quantitative estimate of drug-likeness (QED) is 0.494. The predicted molar refractivity (Wildman–Crippen MR) is 121 cm³/mol. The van der Waals surface area contributed by atoms with Gasteiger partial charge in [0.05, 0.1) is 18.3 Å². The number of aromatic nitrogens is 1. The second kappa shape index (κ2) is 10.6. The average molecular weight is 426 g/mol. The Labute approximate surface area is 181 Å². The highest BCUT2D eigenvalue weighted by Gasteiger charge is 2.11. The van der Waals surface area contributed by atoms with Gasteiger partial charge in [-0.15, -0.1) is 11.3 Å². The van der Waals surface area contributed by atoms with Crippen LogP contribution in [0, 0.1) is 0 Å². The molecule has 1 aromatic heterocycles. The normalized spacial score (nSPS) is 10.5. The minimum absolute atomic E-state index is 0.123. The Hall–Kier alpha value is -3.06. The van der Waals surface area contributed by atoms with Gasteiger partial charge in [0.2, 0.25) is 0 Å². The Morgan fingerprint density at radius 2 is 1.93 bits per heavy atom. The third-order valence-electron chi connectivity index (χ3n) is 4.67. The number of nitrogens with zero attached hydrogens (tertiary/aromatic N) is 2. The summed E-state index contributed by atoms with van der Waals surface area (Å²) in [4.78, 5) is 18.7. The molecule has 0 radical (unpaired) electrons. The molecular formula is C23H27N3O3S. The maximum Gasteiger partial charge on any atom is 0.251 e. The van der Waals surface area contributed by atoms with Crippen molar-refractivity contribution >= 4 is 22.9 Å². The van der Waals surface area contributed by atoms with Crippen molar-refractivity contribution in [3.8, 4) is 11.5 Å². The molecule has 30 heavy (non-hydrogen) atoms. The van der Waals surface area contributed by atoms with Gasteiger partial charge in [0.25, 0.3) is 5.91 Å². The van der Waals surface area contributed by atoms with Crippen molar-refractivity contribution in [3.63, 3.8) is 0 Å². The van der Waals surface area contributed by atoms with E-state index in [1.54, 1.807) is 30.8 Å². The molecule has 0 unspecified atom stereocenters. The topological polar surface area (TPSA) is 63.7 Å². The molecule has 1 amide bonds. The van der Waals surface area contributed by atoms with E-state index in [-0.39, 0.29) is 5.91 Å². The summed E-state index contributed by atoms with van der Waals surface area (Å²) in [7, 11) is 5.62. The Bertz CT molecular complexity index is 941. The van der Waals surface area contributed by atoms with Crippen molar-refractivity contribution in [3.05, 3.63) is 70.2 Å². The van der Waals surface area contributed by atoms with Gasteiger partial charge in [0.15, 0.2) is 11.5 Å². The lowest BCUT2D eigenvalue weighted by Gasteiger charge is -2.13. The molecule has 0 saturated carbocycles. The zero-order chi connectivity index (χ0) is 21.3. The SMILES string of the molecule is COc1cc(C(=O)NCCCc2ccc(N(C)C)cc2)ccc1OCc1cscn1. The van der Waals surface area contributed by atoms with E-state index in [4.69, 9.17) is 9.47 Å². The molecule has 2 aromatic carbocycles. The molecule has 0 spiro atoms. The summed E-state index contributed by atoms with van der Waals surface area (Å²) in [5.74, 6) is 0.990. The summed E-state index contributed by atoms with van der Waals surface area (Å²) in [6, 6.07) is 13.7. The average Bonchev–Trinajstić information content (AvgIpc) is 3.29. The fourth-order valence-electron chi connectivity index (χ4n) is 2.95. The Balaban J connectivity index is 1.48. The van der Waals surface area contributed by atoms with E-state index in [1.165, 1.54) is 22.6 Å². The van der Waals surface area contributed by atoms with Gasteiger partial charge in [-0.1, -0.05) is 12.1 Å². The van der Waals surface area contributed by atoms with Gasteiger partial charge in [-0.05, 0) is 48.7 Å². The maximum atomic E-state index is 12.5. The van der Waals surface area contributed by atoms with E-state index in [2.05, 4.69) is 39.5 Å². The Kier molecular flexibility index (Phi) is 7.68. The molecule has 7 heteroatoms. The first-order valence-electron chi connectivity index (χ1n) is 9.79. The van der Waals surface area contributed by atoms with Gasteiger partial charge in [-0.25, -0.2) is 4.98 Å². The molecule has 158 valence electrons. The molecule has 0 aliphatic carbocycles. The molecule has 1 heterocycles. The molecule has 1 N–H and O–H groups in total. The number of aryl methyl sites for hydroxylation is 1. The van der Waals surface area contributed by atoms with Gasteiger partial charge in [-0.3, -0.25) is 4.79 Å². The lowest BCUT2D eigenvalue weighted by Crippen LogP contribution is -2.24. The van der Waals surface area contributed by atoms with Crippen molar-refractivity contribution in [2.45, 2.75) is 19.4 Å². The van der Waals surface area contributed by atoms with Crippen LogP contribution in [0.1, 0.15) is 28.0 Å². The molecule has 3 rings (SSSR count). The summed E-state index contributed by atoms with van der Waals surface area (Å²) >= 11 is 1.52. The standard InChI is InChI=1S/C23H27N3O3S/c1-26(2)20-9-6-17(7-10-20)5-4-12-24-23(27)18-8-11-21(22(13-18)28-3)29-14-19-15-30-16-25-19/h6-11,13,15-16H,4-5,12,14H2,1-3H3,(H,24,27). The number of carbonyl (C=O) groups is 1. The first-order valence-corrected chi connectivity index (χ1v) is 10.7. The number of methoxy groups -OCH3 is 1. The van der Waals surface area contributed by atoms with Gasteiger partial charge in [0.1, 0.15) is 6.61 Å². The number of rotatable bonds is 10. The van der Waals surface area contributed by atoms with Crippen LogP contribution < -0.4 is 19.7 Å². The van der Waals surface area contributed by atoms with Crippen LogP contribution in [-0.2, 0) is 13.0 Å². The first kappa shape index (κ1) is 21.6. The highest BCUT2D eigenvalue weighted by Crippen LogP contribution is 2.28. The molecule has 0 aliphatic heterocycles. The van der Waals surface area contributed by atoms with Crippen LogP contribution in [0.25, 0.3) is 0 Å². The number of carbonyl (C=O) groups excluding carboxylic acids is 1. The van der Waals surface area contributed by atoms with E-state index in [1.807, 2.05) is 19.5 Å². The van der Waals surface area contributed by atoms with Crippen molar-refractivity contribution in [1.82, 2.24) is 10.3 Å². The van der Waals surface area contributed by atoms with Crippen molar-refractivity contribution in [2.24, 2.45) is 0 Å². The maximum absolute atomic E-state index is 12.5. The van der Waals surface area contributed by atoms with E-state index >= 15 is 0 Å². The van der Waals surface area contributed by atoms with Crippen LogP contribution in [0.5, 0.6) is 11.5 Å². The van der Waals surface area contributed by atoms with Crippen LogP contribution in [0.15, 0.2) is 53.4 Å². The van der Waals surface area contributed by atoms with Crippen molar-refractivity contribution in [2.75, 3.05) is 32.6 Å². The molecule has 3 aromatic rings. The Morgan fingerprint density at radius 1 is 1.13 bits per heavy atom. The highest BCUT2D eigenvalue weighted by atomic mass is 32.1. The molecule has 6 nitrogen and oxygen atoms in total. The van der Waals surface area contributed by atoms with Crippen molar-refractivity contribution in [1.29, 1.82) is 0 Å². The molecule has 0 saturated heterocycles. The first-order chi connectivity index (χ1) is 14.6. The predicted octanol–water partition coefficient (Wildman–Crippen LogP) is 4.16. The van der Waals surface area contributed by atoms with Gasteiger partial charge >= 0.3 is 0 Å². The fourth-order valence-corrected chi connectivity index (χ4v) is 3.49. The summed E-state index contributed by atoms with van der Waals surface area (Å²) in [5.41, 5.74) is 5.61. The van der Waals surface area contributed by atoms with E-state index in [0.717, 1.165) is 18.5 Å². The fraction of sp³-hybridized carbons (Fsp3) is 0.304. The molecular weight excluding hydrogens is 398 g/mol. The van der Waals surface area contributed by atoms with Gasteiger partial charge in [-0.2, -0.15) is 0 Å². The number of hydrogen-bond donors (Lipinski definition) is 1. The minimum atomic E-state index is -0.123. The number of hydrogen-bond acceptors (Lipinski definition) is 6. The van der Waals surface area contributed by atoms with E-state index in [9.17, 15) is 4.79 Å². The van der Waals surface area contributed by atoms with Crippen LogP contribution in [0.3, 0.4) is 0 Å². The molecule has 0 bridgehead atoms. The third kappa shape index (κ3) is 5.97. The van der Waals surface area contributed by atoms with Crippen LogP contribution >= 0.6 is 11.3 Å². The largest absolute Gasteiger partial charge is 0.493 e. The lowest BCUT2D eigenvalue weighted by atomic mass is 10.1. The van der Waals surface area contributed by atoms with Crippen LogP contribution in [0.4, 0.5) is 5.69 Å². The zero-order valence-electron chi connectivity index (χ0n) is 17.6. The second-order valence-corrected chi connectivity index (χ2v) is 7.77. The number of nitrogens with one attached hydrogen (secondary N) is 1. The minimum Gasteiger partial charge on any atom is -0.493 e. The Morgan fingerprint density at radius 3 is 2.60 bits per heavy atom. The molecule has 0 fully saturated rings.